The summed E-state index contributed by atoms with van der Waals surface area (Å²) in [5.74, 6) is -0.980. The van der Waals surface area contributed by atoms with Crippen molar-refractivity contribution in [3.8, 4) is 0 Å². The van der Waals surface area contributed by atoms with Crippen molar-refractivity contribution < 1.29 is 24.2 Å². The van der Waals surface area contributed by atoms with E-state index in [0.717, 1.165) is 18.4 Å². The van der Waals surface area contributed by atoms with E-state index >= 15 is 0 Å². The molecule has 0 radical (unpaired) electrons. The number of ether oxygens (including phenoxy) is 1. The maximum atomic E-state index is 11.9. The van der Waals surface area contributed by atoms with Gasteiger partial charge in [0.1, 0.15) is 5.00 Å². The Labute approximate surface area is 131 Å². The lowest BCUT2D eigenvalue weighted by Crippen LogP contribution is -2.30. The second-order valence-corrected chi connectivity index (χ2v) is 5.92. The molecule has 0 aliphatic heterocycles. The van der Waals surface area contributed by atoms with Gasteiger partial charge in [0.05, 0.1) is 12.7 Å². The first-order valence-corrected chi connectivity index (χ1v) is 7.87. The normalized spacial score (nSPS) is 13.5. The minimum absolute atomic E-state index is 0.00147. The monoisotopic (exact) mass is 326 g/mol. The molecule has 1 fully saturated rings. The molecule has 0 saturated heterocycles. The number of esters is 1. The second-order valence-electron chi connectivity index (χ2n) is 5.04. The summed E-state index contributed by atoms with van der Waals surface area (Å²) in [6, 6.07) is -0.459. The van der Waals surface area contributed by atoms with Gasteiger partial charge in [-0.25, -0.2) is 9.59 Å². The molecule has 1 aromatic heterocycles. The van der Waals surface area contributed by atoms with Gasteiger partial charge in [-0.3, -0.25) is 10.1 Å². The van der Waals surface area contributed by atoms with Gasteiger partial charge in [0.2, 0.25) is 0 Å². The average molecular weight is 326 g/mol. The van der Waals surface area contributed by atoms with Crippen molar-refractivity contribution >= 4 is 34.3 Å². The number of methoxy groups -OCH3 is 1. The smallest absolute Gasteiger partial charge is 0.341 e. The predicted octanol–water partition coefficient (Wildman–Crippen LogP) is 2.40. The van der Waals surface area contributed by atoms with Gasteiger partial charge < -0.3 is 15.2 Å². The number of carbonyl (C=O) groups is 3. The van der Waals surface area contributed by atoms with Crippen molar-refractivity contribution in [3.63, 3.8) is 0 Å². The van der Waals surface area contributed by atoms with Crippen LogP contribution in [0.5, 0.6) is 0 Å². The number of rotatable bonds is 7. The Morgan fingerprint density at radius 2 is 2.14 bits per heavy atom. The van der Waals surface area contributed by atoms with Crippen LogP contribution in [0.2, 0.25) is 0 Å². The van der Waals surface area contributed by atoms with E-state index in [0.29, 0.717) is 22.9 Å². The van der Waals surface area contributed by atoms with Crippen molar-refractivity contribution in [2.75, 3.05) is 19.0 Å². The van der Waals surface area contributed by atoms with Gasteiger partial charge >= 0.3 is 18.0 Å². The van der Waals surface area contributed by atoms with Crippen LogP contribution in [-0.2, 0) is 9.53 Å². The molecule has 2 rings (SSSR count). The lowest BCUT2D eigenvalue weighted by Gasteiger charge is -2.08. The van der Waals surface area contributed by atoms with E-state index in [-0.39, 0.29) is 13.0 Å². The van der Waals surface area contributed by atoms with Crippen LogP contribution in [0.4, 0.5) is 9.80 Å². The third-order valence-electron chi connectivity index (χ3n) is 3.31. The summed E-state index contributed by atoms with van der Waals surface area (Å²) in [6.07, 6.45) is 2.44. The fraction of sp³-hybridized carbons (Fsp3) is 0.500. The van der Waals surface area contributed by atoms with E-state index < -0.39 is 18.0 Å². The number of hydrogen-bond acceptors (Lipinski definition) is 5. The molecule has 0 unspecified atom stereocenters. The molecule has 120 valence electrons. The molecule has 1 aromatic rings. The number of aliphatic carboxylic acids is 1. The van der Waals surface area contributed by atoms with Gasteiger partial charge in [-0.2, -0.15) is 0 Å². The Morgan fingerprint density at radius 1 is 1.41 bits per heavy atom. The lowest BCUT2D eigenvalue weighted by molar-refractivity contribution is -0.137. The molecule has 1 heterocycles. The highest BCUT2D eigenvalue weighted by atomic mass is 32.1. The Balaban J connectivity index is 1.95. The molecule has 2 amide bonds. The van der Waals surface area contributed by atoms with E-state index in [1.807, 2.05) is 5.38 Å². The third kappa shape index (κ3) is 4.20. The summed E-state index contributed by atoms with van der Waals surface area (Å²) in [5.41, 5.74) is 1.36. The summed E-state index contributed by atoms with van der Waals surface area (Å²) in [5, 5.41) is 16.1. The molecule has 0 bridgehead atoms. The maximum Gasteiger partial charge on any atom is 0.341 e. The van der Waals surface area contributed by atoms with Crippen LogP contribution in [-0.4, -0.2) is 36.7 Å². The highest BCUT2D eigenvalue weighted by Crippen LogP contribution is 2.46. The molecule has 0 spiro atoms. The van der Waals surface area contributed by atoms with Crippen LogP contribution in [0, 0.1) is 0 Å². The molecule has 0 atom stereocenters. The quantitative estimate of drug-likeness (QED) is 0.527. The van der Waals surface area contributed by atoms with Gasteiger partial charge in [-0.15, -0.1) is 11.3 Å². The highest BCUT2D eigenvalue weighted by molar-refractivity contribution is 7.15. The number of amides is 2. The van der Waals surface area contributed by atoms with Crippen LogP contribution in [0.15, 0.2) is 5.38 Å². The number of urea groups is 1. The zero-order valence-electron chi connectivity index (χ0n) is 12.2. The Morgan fingerprint density at radius 3 is 2.73 bits per heavy atom. The number of carboxylic acids is 1. The first-order valence-electron chi connectivity index (χ1n) is 6.99. The molecular weight excluding hydrogens is 308 g/mol. The Hall–Kier alpha value is -2.09. The van der Waals surface area contributed by atoms with E-state index in [1.165, 1.54) is 18.4 Å². The molecular formula is C14H18N2O5S. The summed E-state index contributed by atoms with van der Waals surface area (Å²) in [6.45, 7) is 0.256. The van der Waals surface area contributed by atoms with Crippen LogP contribution < -0.4 is 10.6 Å². The molecule has 3 N–H and O–H groups in total. The molecule has 22 heavy (non-hydrogen) atoms. The van der Waals surface area contributed by atoms with Crippen molar-refractivity contribution in [1.29, 1.82) is 0 Å². The highest BCUT2D eigenvalue weighted by Gasteiger charge is 2.32. The van der Waals surface area contributed by atoms with Gasteiger partial charge in [-0.05, 0) is 36.1 Å². The minimum Gasteiger partial charge on any atom is -0.481 e. The topological polar surface area (TPSA) is 105 Å². The Bertz CT molecular complexity index is 580. The standard InChI is InChI=1S/C14H18N2O5S/c1-21-13(19)11-9(8-4-5-8)7-22-12(11)16-14(20)15-6-2-3-10(17)18/h7-8H,2-6H2,1H3,(H,17,18)(H2,15,16,20). The minimum atomic E-state index is -0.900. The van der Waals surface area contributed by atoms with E-state index in [2.05, 4.69) is 10.6 Å². The molecule has 1 aliphatic rings. The second kappa shape index (κ2) is 7.26. The van der Waals surface area contributed by atoms with Gasteiger partial charge in [0.25, 0.3) is 0 Å². The van der Waals surface area contributed by atoms with E-state index in [9.17, 15) is 14.4 Å². The van der Waals surface area contributed by atoms with Gasteiger partial charge in [0.15, 0.2) is 0 Å². The molecule has 8 heteroatoms. The number of carbonyl (C=O) groups excluding carboxylic acids is 2. The molecule has 0 aromatic carbocycles. The lowest BCUT2D eigenvalue weighted by atomic mass is 10.1. The zero-order chi connectivity index (χ0) is 16.1. The van der Waals surface area contributed by atoms with E-state index in [1.54, 1.807) is 0 Å². The van der Waals surface area contributed by atoms with Crippen LogP contribution >= 0.6 is 11.3 Å². The van der Waals surface area contributed by atoms with Crippen LogP contribution in [0.25, 0.3) is 0 Å². The molecule has 7 nitrogen and oxygen atoms in total. The summed E-state index contributed by atoms with van der Waals surface area (Å²) < 4.78 is 4.79. The predicted molar refractivity (Wildman–Crippen MR) is 81.5 cm³/mol. The summed E-state index contributed by atoms with van der Waals surface area (Å²) in [4.78, 5) is 34.1. The Kier molecular flexibility index (Phi) is 5.37. The largest absolute Gasteiger partial charge is 0.481 e. The zero-order valence-corrected chi connectivity index (χ0v) is 13.0. The molecule has 1 aliphatic carbocycles. The van der Waals surface area contributed by atoms with Crippen molar-refractivity contribution in [2.24, 2.45) is 0 Å². The van der Waals surface area contributed by atoms with Crippen molar-refractivity contribution in [2.45, 2.75) is 31.6 Å². The van der Waals surface area contributed by atoms with Gasteiger partial charge in [0, 0.05) is 13.0 Å². The number of anilines is 1. The van der Waals surface area contributed by atoms with Crippen molar-refractivity contribution in [1.82, 2.24) is 5.32 Å². The molecule has 1 saturated carbocycles. The summed E-state index contributed by atoms with van der Waals surface area (Å²) in [7, 11) is 1.31. The number of thiophene rings is 1. The number of hydrogen-bond donors (Lipinski definition) is 3. The van der Waals surface area contributed by atoms with Crippen molar-refractivity contribution in [3.05, 3.63) is 16.5 Å². The fourth-order valence-corrected chi connectivity index (χ4v) is 3.09. The maximum absolute atomic E-state index is 11.9. The van der Waals surface area contributed by atoms with Crippen LogP contribution in [0.3, 0.4) is 0 Å². The third-order valence-corrected chi connectivity index (χ3v) is 4.22. The number of carboxylic acid groups (broad SMARTS) is 1. The SMILES string of the molecule is COC(=O)c1c(C2CC2)csc1NC(=O)NCCCC(=O)O. The first kappa shape index (κ1) is 16.3. The summed E-state index contributed by atoms with van der Waals surface area (Å²) >= 11 is 1.29. The van der Waals surface area contributed by atoms with E-state index in [4.69, 9.17) is 9.84 Å². The van der Waals surface area contributed by atoms with Crippen LogP contribution in [0.1, 0.15) is 47.5 Å². The first-order chi connectivity index (χ1) is 10.5. The fourth-order valence-electron chi connectivity index (χ4n) is 2.06. The number of nitrogens with one attached hydrogen (secondary N) is 2. The van der Waals surface area contributed by atoms with Gasteiger partial charge in [-0.1, -0.05) is 0 Å². The average Bonchev–Trinajstić information content (AvgIpc) is 3.24.